The van der Waals surface area contributed by atoms with Gasteiger partial charge in [-0.2, -0.15) is 0 Å². The fraction of sp³-hybridized carbons (Fsp3) is 0.211. The van der Waals surface area contributed by atoms with Crippen LogP contribution in [0.4, 0.5) is 11.4 Å². The molecule has 25 heavy (non-hydrogen) atoms. The summed E-state index contributed by atoms with van der Waals surface area (Å²) >= 11 is 0. The van der Waals surface area contributed by atoms with E-state index in [4.69, 9.17) is 4.74 Å². The number of carbonyl (C=O) groups excluding carboxylic acids is 3. The molecule has 2 amide bonds. The number of amides is 2. The molecular formula is C19H18N2O4. The number of rotatable bonds is 4. The number of carbonyl (C=O) groups is 3. The van der Waals surface area contributed by atoms with Crippen LogP contribution in [0, 0.1) is 6.92 Å². The highest BCUT2D eigenvalue weighted by atomic mass is 16.5. The van der Waals surface area contributed by atoms with Gasteiger partial charge in [0.25, 0.3) is 5.91 Å². The number of benzene rings is 2. The van der Waals surface area contributed by atoms with Crippen molar-refractivity contribution in [2.45, 2.75) is 13.8 Å². The van der Waals surface area contributed by atoms with Crippen LogP contribution in [0.2, 0.25) is 0 Å². The first kappa shape index (κ1) is 16.7. The van der Waals surface area contributed by atoms with Gasteiger partial charge in [-0.25, -0.2) is 0 Å². The quantitative estimate of drug-likeness (QED) is 0.870. The second-order valence-corrected chi connectivity index (χ2v) is 5.92. The first-order chi connectivity index (χ1) is 11.9. The lowest BCUT2D eigenvalue weighted by Crippen LogP contribution is -2.43. The SMILES string of the molecule is CC(=O)c1cccc(NC(=O)CN2C(=O)COc3ccc(C)cc32)c1. The third-order valence-electron chi connectivity index (χ3n) is 3.91. The van der Waals surface area contributed by atoms with Crippen molar-refractivity contribution >= 4 is 29.0 Å². The number of nitrogens with zero attached hydrogens (tertiary/aromatic N) is 1. The van der Waals surface area contributed by atoms with Crippen LogP contribution in [0.25, 0.3) is 0 Å². The highest BCUT2D eigenvalue weighted by molar-refractivity contribution is 6.05. The van der Waals surface area contributed by atoms with E-state index in [-0.39, 0.29) is 30.7 Å². The molecule has 1 aliphatic rings. The molecule has 0 bridgehead atoms. The maximum Gasteiger partial charge on any atom is 0.265 e. The zero-order valence-corrected chi connectivity index (χ0v) is 14.0. The Hall–Kier alpha value is -3.15. The van der Waals surface area contributed by atoms with Crippen LogP contribution < -0.4 is 15.0 Å². The van der Waals surface area contributed by atoms with Crippen molar-refractivity contribution in [3.05, 3.63) is 53.6 Å². The number of nitrogens with one attached hydrogen (secondary N) is 1. The topological polar surface area (TPSA) is 75.7 Å². The minimum Gasteiger partial charge on any atom is -0.482 e. The Labute approximate surface area is 145 Å². The number of anilines is 2. The minimum atomic E-state index is -0.344. The van der Waals surface area contributed by atoms with Crippen molar-refractivity contribution in [1.82, 2.24) is 0 Å². The van der Waals surface area contributed by atoms with Crippen LogP contribution >= 0.6 is 0 Å². The van der Waals surface area contributed by atoms with Crippen molar-refractivity contribution in [3.8, 4) is 5.75 Å². The molecule has 2 aromatic carbocycles. The number of fused-ring (bicyclic) bond motifs is 1. The lowest BCUT2D eigenvalue weighted by atomic mass is 10.1. The Morgan fingerprint density at radius 2 is 2.00 bits per heavy atom. The molecule has 0 fully saturated rings. The second kappa shape index (κ2) is 6.76. The smallest absolute Gasteiger partial charge is 0.265 e. The average molecular weight is 338 g/mol. The van der Waals surface area contributed by atoms with Crippen molar-refractivity contribution in [2.24, 2.45) is 0 Å². The van der Waals surface area contributed by atoms with E-state index >= 15 is 0 Å². The monoisotopic (exact) mass is 338 g/mol. The summed E-state index contributed by atoms with van der Waals surface area (Å²) in [6, 6.07) is 12.2. The first-order valence-electron chi connectivity index (χ1n) is 7.89. The molecule has 3 rings (SSSR count). The number of aryl methyl sites for hydroxylation is 1. The number of ether oxygens (including phenoxy) is 1. The molecule has 0 spiro atoms. The molecule has 1 aliphatic heterocycles. The predicted molar refractivity (Wildman–Crippen MR) is 94.1 cm³/mol. The maximum absolute atomic E-state index is 12.4. The molecule has 0 saturated heterocycles. The summed E-state index contributed by atoms with van der Waals surface area (Å²) in [6.07, 6.45) is 0. The summed E-state index contributed by atoms with van der Waals surface area (Å²) in [7, 11) is 0. The van der Waals surface area contributed by atoms with Gasteiger partial charge in [0.1, 0.15) is 12.3 Å². The van der Waals surface area contributed by atoms with Gasteiger partial charge >= 0.3 is 0 Å². The summed E-state index contributed by atoms with van der Waals surface area (Å²) in [5.74, 6) is -0.116. The van der Waals surface area contributed by atoms with Gasteiger partial charge in [-0.1, -0.05) is 18.2 Å². The highest BCUT2D eigenvalue weighted by Crippen LogP contribution is 2.32. The normalized spacial score (nSPS) is 13.0. The van der Waals surface area contributed by atoms with Crippen LogP contribution in [0.3, 0.4) is 0 Å². The maximum atomic E-state index is 12.4. The van der Waals surface area contributed by atoms with Crippen molar-refractivity contribution in [1.29, 1.82) is 0 Å². The van der Waals surface area contributed by atoms with Gasteiger partial charge in [0, 0.05) is 11.3 Å². The number of hydrogen-bond acceptors (Lipinski definition) is 4. The molecule has 0 atom stereocenters. The van der Waals surface area contributed by atoms with E-state index in [0.29, 0.717) is 22.7 Å². The van der Waals surface area contributed by atoms with E-state index in [2.05, 4.69) is 5.32 Å². The predicted octanol–water partition coefficient (Wildman–Crippen LogP) is 2.56. The summed E-state index contributed by atoms with van der Waals surface area (Å²) in [5.41, 5.74) is 2.59. The molecule has 0 unspecified atom stereocenters. The fourth-order valence-corrected chi connectivity index (χ4v) is 2.65. The van der Waals surface area contributed by atoms with Crippen LogP contribution in [-0.4, -0.2) is 30.7 Å². The Bertz CT molecular complexity index is 860. The third kappa shape index (κ3) is 3.68. The van der Waals surface area contributed by atoms with Crippen LogP contribution in [-0.2, 0) is 9.59 Å². The summed E-state index contributed by atoms with van der Waals surface area (Å²) in [6.45, 7) is 3.16. The van der Waals surface area contributed by atoms with Crippen LogP contribution in [0.1, 0.15) is 22.8 Å². The summed E-state index contributed by atoms with van der Waals surface area (Å²) in [5, 5.41) is 2.72. The zero-order valence-electron chi connectivity index (χ0n) is 14.0. The standard InChI is InChI=1S/C19H18N2O4/c1-12-6-7-17-16(8-12)21(19(24)11-25-17)10-18(23)20-15-5-3-4-14(9-15)13(2)22/h3-9H,10-11H2,1-2H3,(H,20,23). The molecule has 6 heteroatoms. The van der Waals surface area contributed by atoms with Gasteiger partial charge in [0.05, 0.1) is 5.69 Å². The molecule has 0 saturated carbocycles. The molecule has 128 valence electrons. The minimum absolute atomic E-state index is 0.0798. The Kier molecular flexibility index (Phi) is 4.52. The lowest BCUT2D eigenvalue weighted by molar-refractivity contribution is -0.123. The molecule has 0 radical (unpaired) electrons. The first-order valence-corrected chi connectivity index (χ1v) is 7.89. The van der Waals surface area contributed by atoms with Gasteiger partial charge in [-0.15, -0.1) is 0 Å². The van der Waals surface area contributed by atoms with Gasteiger partial charge in [0.2, 0.25) is 5.91 Å². The summed E-state index contributed by atoms with van der Waals surface area (Å²) in [4.78, 5) is 37.4. The Balaban J connectivity index is 1.77. The van der Waals surface area contributed by atoms with Crippen molar-refractivity contribution in [3.63, 3.8) is 0 Å². The van der Waals surface area contributed by atoms with Crippen molar-refractivity contribution < 1.29 is 19.1 Å². The largest absolute Gasteiger partial charge is 0.482 e. The van der Waals surface area contributed by atoms with E-state index in [1.165, 1.54) is 11.8 Å². The molecule has 0 aliphatic carbocycles. The third-order valence-corrected chi connectivity index (χ3v) is 3.91. The molecule has 1 N–H and O–H groups in total. The Morgan fingerprint density at radius 1 is 1.20 bits per heavy atom. The fourth-order valence-electron chi connectivity index (χ4n) is 2.65. The molecular weight excluding hydrogens is 320 g/mol. The van der Waals surface area contributed by atoms with E-state index in [9.17, 15) is 14.4 Å². The van der Waals surface area contributed by atoms with Crippen LogP contribution in [0.5, 0.6) is 5.75 Å². The average Bonchev–Trinajstić information content (AvgIpc) is 2.58. The highest BCUT2D eigenvalue weighted by Gasteiger charge is 2.27. The van der Waals surface area contributed by atoms with Gasteiger partial charge in [0.15, 0.2) is 12.4 Å². The van der Waals surface area contributed by atoms with Crippen LogP contribution in [0.15, 0.2) is 42.5 Å². The number of Topliss-reactive ketones (excluding diaryl/α,β-unsaturated/α-hetero) is 1. The van der Waals surface area contributed by atoms with Gasteiger partial charge < -0.3 is 10.1 Å². The van der Waals surface area contributed by atoms with E-state index in [1.807, 2.05) is 19.1 Å². The van der Waals surface area contributed by atoms with Gasteiger partial charge in [-0.3, -0.25) is 19.3 Å². The second-order valence-electron chi connectivity index (χ2n) is 5.92. The molecule has 1 heterocycles. The zero-order chi connectivity index (χ0) is 18.0. The Morgan fingerprint density at radius 3 is 2.76 bits per heavy atom. The van der Waals surface area contributed by atoms with E-state index in [1.54, 1.807) is 30.3 Å². The van der Waals surface area contributed by atoms with Crippen molar-refractivity contribution in [2.75, 3.05) is 23.4 Å². The van der Waals surface area contributed by atoms with E-state index < -0.39 is 0 Å². The lowest BCUT2D eigenvalue weighted by Gasteiger charge is -2.29. The van der Waals surface area contributed by atoms with Gasteiger partial charge in [-0.05, 0) is 43.7 Å². The van der Waals surface area contributed by atoms with E-state index in [0.717, 1.165) is 5.56 Å². The molecule has 0 aromatic heterocycles. The summed E-state index contributed by atoms with van der Waals surface area (Å²) < 4.78 is 5.40. The number of ketones is 1. The number of hydrogen-bond donors (Lipinski definition) is 1. The molecule has 2 aromatic rings. The molecule has 6 nitrogen and oxygen atoms in total.